The molecule has 136 valence electrons. The van der Waals surface area contributed by atoms with Gasteiger partial charge in [-0.15, -0.1) is 0 Å². The first-order chi connectivity index (χ1) is 12.5. The number of amides is 1. The van der Waals surface area contributed by atoms with Crippen molar-refractivity contribution in [2.45, 2.75) is 26.4 Å². The van der Waals surface area contributed by atoms with E-state index in [9.17, 15) is 19.3 Å². The molecule has 0 unspecified atom stereocenters. The van der Waals surface area contributed by atoms with Crippen molar-refractivity contribution in [3.8, 4) is 0 Å². The fraction of sp³-hybridized carbons (Fsp3) is 0.333. The Balaban J connectivity index is 1.78. The average molecular weight is 358 g/mol. The minimum absolute atomic E-state index is 0.0906. The number of fused-ring (bicyclic) bond motifs is 1. The molecule has 1 aromatic carbocycles. The Morgan fingerprint density at radius 3 is 2.92 bits per heavy atom. The summed E-state index contributed by atoms with van der Waals surface area (Å²) in [5.74, 6) is -0.783. The second-order valence-electron chi connectivity index (χ2n) is 6.12. The molecule has 0 bridgehead atoms. The molecule has 0 saturated heterocycles. The fourth-order valence-corrected chi connectivity index (χ4v) is 3.09. The largest absolute Gasteiger partial charge is 0.351 e. The summed E-state index contributed by atoms with van der Waals surface area (Å²) in [5, 5.41) is 13.9. The SMILES string of the molecule is CCNC(=O)c1ccc2c(n1)CCN(Cc1c(F)cccc1[N+](=O)[O-])C2. The van der Waals surface area contributed by atoms with Crippen LogP contribution < -0.4 is 5.32 Å². The van der Waals surface area contributed by atoms with Crippen molar-refractivity contribution in [1.29, 1.82) is 0 Å². The topological polar surface area (TPSA) is 88.4 Å². The van der Waals surface area contributed by atoms with Crippen molar-refractivity contribution in [2.24, 2.45) is 0 Å². The van der Waals surface area contributed by atoms with Crippen molar-refractivity contribution in [3.05, 3.63) is 68.8 Å². The lowest BCUT2D eigenvalue weighted by atomic mass is 10.0. The molecule has 0 aliphatic carbocycles. The van der Waals surface area contributed by atoms with Crippen molar-refractivity contribution in [2.75, 3.05) is 13.1 Å². The third kappa shape index (κ3) is 3.70. The van der Waals surface area contributed by atoms with Gasteiger partial charge in [0.1, 0.15) is 11.5 Å². The quantitative estimate of drug-likeness (QED) is 0.655. The third-order valence-corrected chi connectivity index (χ3v) is 4.37. The highest BCUT2D eigenvalue weighted by Crippen LogP contribution is 2.26. The Kier molecular flexibility index (Phi) is 5.22. The Morgan fingerprint density at radius 1 is 1.38 bits per heavy atom. The zero-order valence-corrected chi connectivity index (χ0v) is 14.4. The van der Waals surface area contributed by atoms with Gasteiger partial charge in [-0.1, -0.05) is 12.1 Å². The van der Waals surface area contributed by atoms with Gasteiger partial charge in [0.25, 0.3) is 11.6 Å². The van der Waals surface area contributed by atoms with Gasteiger partial charge in [-0.2, -0.15) is 0 Å². The number of carbonyl (C=O) groups is 1. The van der Waals surface area contributed by atoms with E-state index >= 15 is 0 Å². The first-order valence-corrected chi connectivity index (χ1v) is 8.40. The number of benzene rings is 1. The Morgan fingerprint density at radius 2 is 2.19 bits per heavy atom. The van der Waals surface area contributed by atoms with Gasteiger partial charge in [-0.05, 0) is 24.6 Å². The highest BCUT2D eigenvalue weighted by Gasteiger charge is 2.24. The number of hydrogen-bond donors (Lipinski definition) is 1. The van der Waals surface area contributed by atoms with Gasteiger partial charge in [0.15, 0.2) is 0 Å². The van der Waals surface area contributed by atoms with Crippen LogP contribution in [0, 0.1) is 15.9 Å². The number of aromatic nitrogens is 1. The van der Waals surface area contributed by atoms with Crippen LogP contribution in [0.25, 0.3) is 0 Å². The monoisotopic (exact) mass is 358 g/mol. The Hall–Kier alpha value is -2.87. The van der Waals surface area contributed by atoms with E-state index in [0.29, 0.717) is 31.7 Å². The maximum Gasteiger partial charge on any atom is 0.276 e. The highest BCUT2D eigenvalue weighted by molar-refractivity contribution is 5.92. The molecule has 1 aromatic heterocycles. The maximum atomic E-state index is 14.1. The predicted octanol–water partition coefficient (Wildman–Crippen LogP) is 2.44. The maximum absolute atomic E-state index is 14.1. The lowest BCUT2D eigenvalue weighted by Gasteiger charge is -2.28. The number of nitro benzene ring substituents is 1. The van der Waals surface area contributed by atoms with Gasteiger partial charge in [-0.3, -0.25) is 19.8 Å². The molecule has 7 nitrogen and oxygen atoms in total. The van der Waals surface area contributed by atoms with E-state index in [1.807, 2.05) is 17.9 Å². The fourth-order valence-electron chi connectivity index (χ4n) is 3.09. The molecule has 3 rings (SSSR count). The number of hydrogen-bond acceptors (Lipinski definition) is 5. The number of rotatable bonds is 5. The van der Waals surface area contributed by atoms with Crippen LogP contribution in [0.15, 0.2) is 30.3 Å². The summed E-state index contributed by atoms with van der Waals surface area (Å²) in [6, 6.07) is 7.40. The molecule has 26 heavy (non-hydrogen) atoms. The van der Waals surface area contributed by atoms with E-state index in [0.717, 1.165) is 11.3 Å². The smallest absolute Gasteiger partial charge is 0.276 e. The molecule has 1 aliphatic heterocycles. The van der Waals surface area contributed by atoms with Crippen molar-refractivity contribution in [1.82, 2.24) is 15.2 Å². The van der Waals surface area contributed by atoms with Crippen LogP contribution in [0.5, 0.6) is 0 Å². The van der Waals surface area contributed by atoms with Crippen LogP contribution in [-0.4, -0.2) is 33.8 Å². The summed E-state index contributed by atoms with van der Waals surface area (Å²) in [6.45, 7) is 3.62. The summed E-state index contributed by atoms with van der Waals surface area (Å²) in [6.07, 6.45) is 0.602. The molecule has 2 heterocycles. The van der Waals surface area contributed by atoms with E-state index in [1.165, 1.54) is 18.2 Å². The summed E-state index contributed by atoms with van der Waals surface area (Å²) in [5.41, 5.74) is 2.05. The van der Waals surface area contributed by atoms with Gasteiger partial charge in [0, 0.05) is 44.4 Å². The molecule has 1 N–H and O–H groups in total. The Bertz CT molecular complexity index is 856. The summed E-state index contributed by atoms with van der Waals surface area (Å²) < 4.78 is 14.1. The first-order valence-electron chi connectivity index (χ1n) is 8.40. The molecule has 1 amide bonds. The van der Waals surface area contributed by atoms with E-state index in [4.69, 9.17) is 0 Å². The standard InChI is InChI=1S/C18H19FN4O3/c1-2-20-18(24)16-7-6-12-10-22(9-8-15(12)21-16)11-13-14(19)4-3-5-17(13)23(25)26/h3-7H,2,8-11H2,1H3,(H,20,24). The highest BCUT2D eigenvalue weighted by atomic mass is 19.1. The van der Waals surface area contributed by atoms with Crippen molar-refractivity contribution >= 4 is 11.6 Å². The minimum atomic E-state index is -0.574. The zero-order valence-electron chi connectivity index (χ0n) is 14.4. The first kappa shape index (κ1) is 17.9. The predicted molar refractivity (Wildman–Crippen MR) is 93.1 cm³/mol. The van der Waals surface area contributed by atoms with Crippen LogP contribution in [0.1, 0.15) is 34.2 Å². The van der Waals surface area contributed by atoms with E-state index in [-0.39, 0.29) is 23.7 Å². The minimum Gasteiger partial charge on any atom is -0.351 e. The lowest BCUT2D eigenvalue weighted by Crippen LogP contribution is -2.32. The van der Waals surface area contributed by atoms with E-state index in [2.05, 4.69) is 10.3 Å². The molecular weight excluding hydrogens is 339 g/mol. The molecule has 8 heteroatoms. The third-order valence-electron chi connectivity index (χ3n) is 4.37. The van der Waals surface area contributed by atoms with Gasteiger partial charge in [0.2, 0.25) is 0 Å². The number of halogens is 1. The number of nitrogens with one attached hydrogen (secondary N) is 1. The van der Waals surface area contributed by atoms with Gasteiger partial charge >= 0.3 is 0 Å². The molecule has 0 fully saturated rings. The van der Waals surface area contributed by atoms with E-state index in [1.54, 1.807) is 6.07 Å². The molecule has 1 aliphatic rings. The number of carbonyl (C=O) groups excluding carboxylic acids is 1. The Labute approximate surface area is 150 Å². The molecule has 0 radical (unpaired) electrons. The lowest BCUT2D eigenvalue weighted by molar-refractivity contribution is -0.386. The molecule has 0 spiro atoms. The van der Waals surface area contributed by atoms with Crippen LogP contribution in [0.3, 0.4) is 0 Å². The molecule has 0 saturated carbocycles. The molecular formula is C18H19FN4O3. The van der Waals surface area contributed by atoms with Crippen LogP contribution in [0.4, 0.5) is 10.1 Å². The zero-order chi connectivity index (χ0) is 18.7. The van der Waals surface area contributed by atoms with Crippen LogP contribution in [-0.2, 0) is 19.5 Å². The van der Waals surface area contributed by atoms with Crippen molar-refractivity contribution < 1.29 is 14.1 Å². The summed E-state index contributed by atoms with van der Waals surface area (Å²) in [4.78, 5) is 28.8. The number of pyridine rings is 1. The van der Waals surface area contributed by atoms with Crippen molar-refractivity contribution in [3.63, 3.8) is 0 Å². The van der Waals surface area contributed by atoms with Crippen LogP contribution >= 0.6 is 0 Å². The average Bonchev–Trinajstić information content (AvgIpc) is 2.63. The summed E-state index contributed by atoms with van der Waals surface area (Å²) in [7, 11) is 0. The second-order valence-corrected chi connectivity index (χ2v) is 6.12. The summed E-state index contributed by atoms with van der Waals surface area (Å²) >= 11 is 0. The normalized spacial score (nSPS) is 13.9. The van der Waals surface area contributed by atoms with Crippen LogP contribution in [0.2, 0.25) is 0 Å². The van der Waals surface area contributed by atoms with Gasteiger partial charge < -0.3 is 5.32 Å². The number of nitro groups is 1. The molecule has 0 atom stereocenters. The van der Waals surface area contributed by atoms with E-state index < -0.39 is 10.7 Å². The number of nitrogens with zero attached hydrogens (tertiary/aromatic N) is 3. The molecule has 2 aromatic rings. The second kappa shape index (κ2) is 7.57. The van der Waals surface area contributed by atoms with Gasteiger partial charge in [0.05, 0.1) is 10.5 Å². The van der Waals surface area contributed by atoms with Gasteiger partial charge in [-0.25, -0.2) is 9.37 Å².